The zero-order chi connectivity index (χ0) is 12.2. The maximum atomic E-state index is 12.1. The van der Waals surface area contributed by atoms with Gasteiger partial charge in [-0.05, 0) is 12.8 Å². The van der Waals surface area contributed by atoms with Crippen LogP contribution in [0.4, 0.5) is 13.2 Å². The van der Waals surface area contributed by atoms with Gasteiger partial charge in [0.05, 0.1) is 11.4 Å². The Kier molecular flexibility index (Phi) is 4.98. The largest absolute Gasteiger partial charge is 0.392 e. The number of halogens is 3. The molecule has 0 aromatic heterocycles. The van der Waals surface area contributed by atoms with Crippen LogP contribution in [0.25, 0.3) is 0 Å². The molecule has 0 saturated heterocycles. The highest BCUT2D eigenvalue weighted by atomic mass is 32.1. The molecule has 0 aromatic carbocycles. The van der Waals surface area contributed by atoms with E-state index in [4.69, 9.17) is 18.0 Å². The lowest BCUT2D eigenvalue weighted by molar-refractivity contribution is -0.138. The summed E-state index contributed by atoms with van der Waals surface area (Å²) < 4.78 is 36.4. The molecule has 0 aliphatic heterocycles. The molecule has 0 amide bonds. The molecule has 2 nitrogen and oxygen atoms in total. The molecule has 0 unspecified atom stereocenters. The van der Waals surface area contributed by atoms with Gasteiger partial charge in [0.15, 0.2) is 0 Å². The summed E-state index contributed by atoms with van der Waals surface area (Å²) in [4.78, 5) is 2.05. The number of hydrogen-bond acceptors (Lipinski definition) is 2. The average molecular weight is 254 g/mol. The summed E-state index contributed by atoms with van der Waals surface area (Å²) >= 11 is 4.77. The van der Waals surface area contributed by atoms with E-state index in [2.05, 4.69) is 0 Å². The van der Waals surface area contributed by atoms with Crippen LogP contribution in [-0.4, -0.2) is 35.2 Å². The molecule has 0 spiro atoms. The van der Waals surface area contributed by atoms with Crippen LogP contribution in [-0.2, 0) is 0 Å². The van der Waals surface area contributed by atoms with Crippen molar-refractivity contribution in [3.05, 3.63) is 0 Å². The Morgan fingerprint density at radius 3 is 2.31 bits per heavy atom. The van der Waals surface area contributed by atoms with Gasteiger partial charge in [-0.15, -0.1) is 0 Å². The van der Waals surface area contributed by atoms with Crippen molar-refractivity contribution in [2.75, 3.05) is 13.1 Å². The Labute approximate surface area is 99.0 Å². The Hall–Kier alpha value is -0.360. The molecule has 2 N–H and O–H groups in total. The van der Waals surface area contributed by atoms with Gasteiger partial charge in [-0.2, -0.15) is 13.2 Å². The normalized spacial score (nSPS) is 18.2. The molecule has 0 bridgehead atoms. The second-order valence-electron chi connectivity index (χ2n) is 4.24. The summed E-state index contributed by atoms with van der Waals surface area (Å²) in [6.45, 7) is 0.307. The number of alkyl halides is 3. The molecule has 1 aliphatic carbocycles. The number of hydrogen-bond donors (Lipinski definition) is 1. The summed E-state index contributed by atoms with van der Waals surface area (Å²) in [5, 5.41) is 0. The molecule has 0 heterocycles. The molecule has 1 aliphatic rings. The van der Waals surface area contributed by atoms with Gasteiger partial charge in [-0.3, -0.25) is 4.90 Å². The van der Waals surface area contributed by atoms with Crippen molar-refractivity contribution in [2.45, 2.75) is 44.3 Å². The minimum atomic E-state index is -4.10. The number of nitrogens with two attached hydrogens (primary N) is 1. The summed E-state index contributed by atoms with van der Waals surface area (Å²) in [6, 6.07) is 0.226. The van der Waals surface area contributed by atoms with Gasteiger partial charge in [-0.25, -0.2) is 0 Å². The lowest BCUT2D eigenvalue weighted by Crippen LogP contribution is -2.41. The first-order valence-corrected chi connectivity index (χ1v) is 5.88. The topological polar surface area (TPSA) is 29.3 Å². The van der Waals surface area contributed by atoms with Gasteiger partial charge in [0, 0.05) is 19.1 Å². The first kappa shape index (κ1) is 13.7. The minimum absolute atomic E-state index is 0.00546. The Balaban J connectivity index is 2.46. The fraction of sp³-hybridized carbons (Fsp3) is 0.900. The van der Waals surface area contributed by atoms with Crippen molar-refractivity contribution in [3.63, 3.8) is 0 Å². The van der Waals surface area contributed by atoms with E-state index in [0.29, 0.717) is 6.54 Å². The van der Waals surface area contributed by atoms with Gasteiger partial charge in [0.25, 0.3) is 0 Å². The van der Waals surface area contributed by atoms with E-state index in [1.54, 1.807) is 4.90 Å². The monoisotopic (exact) mass is 254 g/mol. The van der Waals surface area contributed by atoms with Crippen LogP contribution in [0.1, 0.15) is 32.1 Å². The molecule has 1 fully saturated rings. The number of thiocarbonyl (C=S) groups is 1. The van der Waals surface area contributed by atoms with Crippen molar-refractivity contribution in [2.24, 2.45) is 5.73 Å². The standard InChI is InChI=1S/C10H17F3N2S/c11-10(12,13)5-6-15(7-9(14)16)8-3-1-2-4-8/h8H,1-7H2,(H2,14,16). The molecule has 0 radical (unpaired) electrons. The predicted molar refractivity (Wildman–Crippen MR) is 61.3 cm³/mol. The van der Waals surface area contributed by atoms with Crippen LogP contribution in [0.3, 0.4) is 0 Å². The molecule has 6 heteroatoms. The van der Waals surface area contributed by atoms with Crippen molar-refractivity contribution >= 4 is 17.2 Å². The molecule has 0 aromatic rings. The van der Waals surface area contributed by atoms with Crippen LogP contribution in [0.5, 0.6) is 0 Å². The van der Waals surface area contributed by atoms with Crippen LogP contribution >= 0.6 is 12.2 Å². The number of nitrogens with zero attached hydrogens (tertiary/aromatic N) is 1. The van der Waals surface area contributed by atoms with Crippen molar-refractivity contribution in [1.82, 2.24) is 4.90 Å². The second kappa shape index (κ2) is 5.82. The van der Waals surface area contributed by atoms with Gasteiger partial charge < -0.3 is 5.73 Å². The molecule has 16 heavy (non-hydrogen) atoms. The van der Waals surface area contributed by atoms with E-state index in [1.807, 2.05) is 0 Å². The summed E-state index contributed by atoms with van der Waals surface area (Å²) in [7, 11) is 0. The third-order valence-corrected chi connectivity index (χ3v) is 3.01. The van der Waals surface area contributed by atoms with Gasteiger partial charge >= 0.3 is 6.18 Å². The lowest BCUT2D eigenvalue weighted by atomic mass is 10.2. The number of rotatable bonds is 5. The van der Waals surface area contributed by atoms with E-state index < -0.39 is 12.6 Å². The Bertz CT molecular complexity index is 237. The third-order valence-electron chi connectivity index (χ3n) is 2.88. The van der Waals surface area contributed by atoms with Gasteiger partial charge in [0.1, 0.15) is 0 Å². The fourth-order valence-electron chi connectivity index (χ4n) is 2.13. The predicted octanol–water partition coefficient (Wildman–Crippen LogP) is 2.47. The zero-order valence-corrected chi connectivity index (χ0v) is 9.91. The van der Waals surface area contributed by atoms with Crippen molar-refractivity contribution < 1.29 is 13.2 Å². The summed E-state index contributed by atoms with van der Waals surface area (Å²) in [6.07, 6.45) is -0.796. The first-order chi connectivity index (χ1) is 7.38. The summed E-state index contributed by atoms with van der Waals surface area (Å²) in [5.74, 6) is 0. The lowest BCUT2D eigenvalue weighted by Gasteiger charge is -2.28. The molecule has 1 rings (SSSR count). The SMILES string of the molecule is NC(=S)CN(CCC(F)(F)F)C1CCCC1. The average Bonchev–Trinajstić information content (AvgIpc) is 2.62. The third kappa shape index (κ3) is 5.12. The second-order valence-corrected chi connectivity index (χ2v) is 4.76. The molecular weight excluding hydrogens is 237 g/mol. The van der Waals surface area contributed by atoms with Gasteiger partial charge in [-0.1, -0.05) is 25.1 Å². The van der Waals surface area contributed by atoms with Crippen LogP contribution in [0, 0.1) is 0 Å². The van der Waals surface area contributed by atoms with E-state index in [1.165, 1.54) is 0 Å². The smallest absolute Gasteiger partial charge is 0.390 e. The highest BCUT2D eigenvalue weighted by Gasteiger charge is 2.30. The molecule has 0 atom stereocenters. The van der Waals surface area contributed by atoms with Crippen LogP contribution < -0.4 is 5.73 Å². The Morgan fingerprint density at radius 2 is 1.88 bits per heavy atom. The highest BCUT2D eigenvalue weighted by molar-refractivity contribution is 7.80. The van der Waals surface area contributed by atoms with Crippen molar-refractivity contribution in [1.29, 1.82) is 0 Å². The molecular formula is C10H17F3N2S. The molecule has 1 saturated carbocycles. The Morgan fingerprint density at radius 1 is 1.31 bits per heavy atom. The van der Waals surface area contributed by atoms with E-state index in [9.17, 15) is 13.2 Å². The first-order valence-electron chi connectivity index (χ1n) is 5.47. The van der Waals surface area contributed by atoms with E-state index in [0.717, 1.165) is 25.7 Å². The maximum Gasteiger partial charge on any atom is 0.390 e. The fourth-order valence-corrected chi connectivity index (χ4v) is 2.30. The van der Waals surface area contributed by atoms with E-state index in [-0.39, 0.29) is 17.6 Å². The summed E-state index contributed by atoms with van der Waals surface area (Å²) in [5.41, 5.74) is 5.41. The van der Waals surface area contributed by atoms with Crippen LogP contribution in [0.2, 0.25) is 0 Å². The quantitative estimate of drug-likeness (QED) is 0.764. The molecule has 94 valence electrons. The van der Waals surface area contributed by atoms with E-state index >= 15 is 0 Å². The van der Waals surface area contributed by atoms with Crippen LogP contribution in [0.15, 0.2) is 0 Å². The zero-order valence-electron chi connectivity index (χ0n) is 9.09. The van der Waals surface area contributed by atoms with Gasteiger partial charge in [0.2, 0.25) is 0 Å². The minimum Gasteiger partial charge on any atom is -0.392 e. The highest BCUT2D eigenvalue weighted by Crippen LogP contribution is 2.26. The van der Waals surface area contributed by atoms with Crippen molar-refractivity contribution in [3.8, 4) is 0 Å². The maximum absolute atomic E-state index is 12.1.